The largest absolute Gasteiger partial charge is 0.481 e. The van der Waals surface area contributed by atoms with Gasteiger partial charge in [-0.15, -0.1) is 4.98 Å². The molecule has 2 unspecified atom stereocenters. The lowest BCUT2D eigenvalue weighted by Crippen LogP contribution is -2.15. The van der Waals surface area contributed by atoms with E-state index in [1.54, 1.807) is 0 Å². The molecule has 0 radical (unpaired) electrons. The molecule has 1 aliphatic carbocycles. The molecule has 1 aromatic heterocycles. The standard InChI is InChI=1S/C12H17N3O4S/c1-18-10-13-11(19-2)15-12(14-10)20-8-5-3-4-7(8)6-9(16)17/h7-8H,3-6H2,1-2H3,(H,16,17). The van der Waals surface area contributed by atoms with E-state index in [1.807, 2.05) is 0 Å². The van der Waals surface area contributed by atoms with E-state index < -0.39 is 5.97 Å². The number of hydrogen-bond acceptors (Lipinski definition) is 7. The normalized spacial score (nSPS) is 21.7. The van der Waals surface area contributed by atoms with E-state index in [0.717, 1.165) is 19.3 Å². The Kier molecular flexibility index (Phi) is 4.99. The fourth-order valence-corrected chi connectivity index (χ4v) is 3.55. The zero-order valence-corrected chi connectivity index (χ0v) is 12.2. The van der Waals surface area contributed by atoms with Gasteiger partial charge in [-0.3, -0.25) is 4.79 Å². The second kappa shape index (κ2) is 6.74. The molecular weight excluding hydrogens is 282 g/mol. The number of nitrogens with zero attached hydrogens (tertiary/aromatic N) is 3. The number of carboxylic acids is 1. The molecule has 0 saturated heterocycles. The van der Waals surface area contributed by atoms with Crippen molar-refractivity contribution in [3.05, 3.63) is 0 Å². The molecule has 1 heterocycles. The topological polar surface area (TPSA) is 94.4 Å². The van der Waals surface area contributed by atoms with Gasteiger partial charge in [-0.1, -0.05) is 18.2 Å². The second-order valence-corrected chi connectivity index (χ2v) is 5.74. The summed E-state index contributed by atoms with van der Waals surface area (Å²) in [5.41, 5.74) is 0. The summed E-state index contributed by atoms with van der Waals surface area (Å²) in [6, 6.07) is 0.402. The minimum Gasteiger partial charge on any atom is -0.481 e. The van der Waals surface area contributed by atoms with Crippen molar-refractivity contribution in [3.8, 4) is 12.0 Å². The lowest BCUT2D eigenvalue weighted by Gasteiger charge is -2.16. The fourth-order valence-electron chi connectivity index (χ4n) is 2.31. The van der Waals surface area contributed by atoms with Crippen molar-refractivity contribution in [2.24, 2.45) is 5.92 Å². The molecule has 7 nitrogen and oxygen atoms in total. The Morgan fingerprint density at radius 2 is 1.90 bits per heavy atom. The fraction of sp³-hybridized carbons (Fsp3) is 0.667. The SMILES string of the molecule is COc1nc(OC)nc(SC2CCCC2CC(=O)O)n1. The molecule has 1 aromatic rings. The number of aromatic nitrogens is 3. The van der Waals surface area contributed by atoms with Crippen LogP contribution in [0.25, 0.3) is 0 Å². The summed E-state index contributed by atoms with van der Waals surface area (Å²) in [5, 5.41) is 9.65. The molecule has 110 valence electrons. The van der Waals surface area contributed by atoms with Gasteiger partial charge in [-0.05, 0) is 18.8 Å². The summed E-state index contributed by atoms with van der Waals surface area (Å²) in [6.45, 7) is 0. The van der Waals surface area contributed by atoms with Gasteiger partial charge in [0.15, 0.2) is 5.16 Å². The molecule has 0 aromatic carbocycles. The Balaban J connectivity index is 2.10. The van der Waals surface area contributed by atoms with Gasteiger partial charge in [0.25, 0.3) is 0 Å². The van der Waals surface area contributed by atoms with Gasteiger partial charge in [-0.2, -0.15) is 9.97 Å². The summed E-state index contributed by atoms with van der Waals surface area (Å²) in [6.07, 6.45) is 3.13. The minimum atomic E-state index is -0.756. The van der Waals surface area contributed by atoms with E-state index in [1.165, 1.54) is 26.0 Å². The Bertz CT molecular complexity index is 464. The van der Waals surface area contributed by atoms with Crippen LogP contribution in [0.4, 0.5) is 0 Å². The van der Waals surface area contributed by atoms with Gasteiger partial charge in [-0.25, -0.2) is 0 Å². The quantitative estimate of drug-likeness (QED) is 0.847. The Morgan fingerprint density at radius 3 is 2.45 bits per heavy atom. The van der Waals surface area contributed by atoms with Crippen LogP contribution >= 0.6 is 11.8 Å². The van der Waals surface area contributed by atoms with Crippen LogP contribution in [0.1, 0.15) is 25.7 Å². The van der Waals surface area contributed by atoms with Crippen LogP contribution in [0, 0.1) is 5.92 Å². The molecule has 8 heteroatoms. The van der Waals surface area contributed by atoms with Crippen molar-refractivity contribution >= 4 is 17.7 Å². The maximum absolute atomic E-state index is 10.9. The van der Waals surface area contributed by atoms with Crippen LogP contribution in [0.3, 0.4) is 0 Å². The van der Waals surface area contributed by atoms with E-state index in [9.17, 15) is 4.79 Å². The van der Waals surface area contributed by atoms with Crippen molar-refractivity contribution in [3.63, 3.8) is 0 Å². The van der Waals surface area contributed by atoms with E-state index in [4.69, 9.17) is 14.6 Å². The lowest BCUT2D eigenvalue weighted by molar-refractivity contribution is -0.138. The van der Waals surface area contributed by atoms with E-state index in [-0.39, 0.29) is 29.6 Å². The molecule has 1 aliphatic rings. The molecule has 0 bridgehead atoms. The first-order valence-electron chi connectivity index (χ1n) is 6.35. The third-order valence-corrected chi connectivity index (χ3v) is 4.54. The van der Waals surface area contributed by atoms with E-state index >= 15 is 0 Å². The molecule has 0 spiro atoms. The van der Waals surface area contributed by atoms with E-state index in [2.05, 4.69) is 15.0 Å². The highest BCUT2D eigenvalue weighted by molar-refractivity contribution is 7.99. The van der Waals surface area contributed by atoms with Crippen molar-refractivity contribution in [1.29, 1.82) is 0 Å². The third kappa shape index (κ3) is 3.72. The Hall–Kier alpha value is -1.57. The number of rotatable bonds is 6. The predicted octanol–water partition coefficient (Wildman–Crippen LogP) is 1.62. The van der Waals surface area contributed by atoms with Gasteiger partial charge in [0, 0.05) is 11.7 Å². The molecule has 1 saturated carbocycles. The highest BCUT2D eigenvalue weighted by Gasteiger charge is 2.31. The van der Waals surface area contributed by atoms with Gasteiger partial charge in [0.2, 0.25) is 0 Å². The molecule has 2 atom stereocenters. The van der Waals surface area contributed by atoms with Crippen molar-refractivity contribution in [2.45, 2.75) is 36.1 Å². The average molecular weight is 299 g/mol. The molecule has 1 fully saturated rings. The van der Waals surface area contributed by atoms with Crippen molar-refractivity contribution in [2.75, 3.05) is 14.2 Å². The van der Waals surface area contributed by atoms with Gasteiger partial charge in [0.05, 0.1) is 14.2 Å². The maximum atomic E-state index is 10.9. The Morgan fingerprint density at radius 1 is 1.25 bits per heavy atom. The summed E-state index contributed by atoms with van der Waals surface area (Å²) in [7, 11) is 2.96. The van der Waals surface area contributed by atoms with Crippen LogP contribution in [-0.4, -0.2) is 45.5 Å². The van der Waals surface area contributed by atoms with Gasteiger partial charge in [0.1, 0.15) is 0 Å². The number of methoxy groups -OCH3 is 2. The number of carboxylic acid groups (broad SMARTS) is 1. The van der Waals surface area contributed by atoms with Gasteiger partial charge >= 0.3 is 18.0 Å². The number of aliphatic carboxylic acids is 1. The molecule has 0 aliphatic heterocycles. The highest BCUT2D eigenvalue weighted by atomic mass is 32.2. The first-order chi connectivity index (χ1) is 9.62. The minimum absolute atomic E-state index is 0.159. The maximum Gasteiger partial charge on any atom is 0.323 e. The third-order valence-electron chi connectivity index (χ3n) is 3.22. The van der Waals surface area contributed by atoms with Crippen molar-refractivity contribution < 1.29 is 19.4 Å². The first-order valence-corrected chi connectivity index (χ1v) is 7.23. The smallest absolute Gasteiger partial charge is 0.323 e. The second-order valence-electron chi connectivity index (χ2n) is 4.54. The molecule has 1 N–H and O–H groups in total. The number of hydrogen-bond donors (Lipinski definition) is 1. The van der Waals surface area contributed by atoms with Crippen LogP contribution in [0.5, 0.6) is 12.0 Å². The van der Waals surface area contributed by atoms with E-state index in [0.29, 0.717) is 5.16 Å². The number of thioether (sulfide) groups is 1. The molecule has 2 rings (SSSR count). The number of ether oxygens (including phenoxy) is 2. The highest BCUT2D eigenvalue weighted by Crippen LogP contribution is 2.39. The number of carbonyl (C=O) groups is 1. The summed E-state index contributed by atoms with van der Waals surface area (Å²) in [4.78, 5) is 23.1. The monoisotopic (exact) mass is 299 g/mol. The van der Waals surface area contributed by atoms with Crippen LogP contribution in [0.15, 0.2) is 5.16 Å². The zero-order valence-electron chi connectivity index (χ0n) is 11.4. The van der Waals surface area contributed by atoms with Crippen LogP contribution in [-0.2, 0) is 4.79 Å². The average Bonchev–Trinajstić information content (AvgIpc) is 2.84. The molecule has 0 amide bonds. The lowest BCUT2D eigenvalue weighted by atomic mass is 10.0. The van der Waals surface area contributed by atoms with Crippen LogP contribution < -0.4 is 9.47 Å². The molecular formula is C12H17N3O4S. The summed E-state index contributed by atoms with van der Waals surface area (Å²) < 4.78 is 10.0. The predicted molar refractivity (Wildman–Crippen MR) is 72.2 cm³/mol. The zero-order chi connectivity index (χ0) is 14.5. The van der Waals surface area contributed by atoms with Gasteiger partial charge < -0.3 is 14.6 Å². The molecule has 20 heavy (non-hydrogen) atoms. The Labute approximate surface area is 121 Å². The summed E-state index contributed by atoms with van der Waals surface area (Å²) in [5.74, 6) is -0.598. The van der Waals surface area contributed by atoms with Crippen molar-refractivity contribution in [1.82, 2.24) is 15.0 Å². The first kappa shape index (κ1) is 14.8. The van der Waals surface area contributed by atoms with Crippen LogP contribution in [0.2, 0.25) is 0 Å². The summed E-state index contributed by atoms with van der Waals surface area (Å²) >= 11 is 1.47.